The molecule has 1 unspecified atom stereocenters. The minimum absolute atomic E-state index is 0.150. The summed E-state index contributed by atoms with van der Waals surface area (Å²) in [6.07, 6.45) is 0.172. The van der Waals surface area contributed by atoms with Gasteiger partial charge in [0.25, 0.3) is 0 Å². The molecule has 0 saturated carbocycles. The second-order valence-electron chi connectivity index (χ2n) is 4.31. The van der Waals surface area contributed by atoms with E-state index in [1.54, 1.807) is 34.7 Å². The summed E-state index contributed by atoms with van der Waals surface area (Å²) in [5.74, 6) is -0.876. The molecule has 4 heteroatoms. The van der Waals surface area contributed by atoms with Gasteiger partial charge < -0.3 is 10.1 Å². The smallest absolute Gasteiger partial charge is 0.309 e. The average Bonchev–Trinajstić information content (AvgIpc) is 2.00. The van der Waals surface area contributed by atoms with Crippen LogP contribution >= 0.6 is 0 Å². The molecule has 0 aromatic heterocycles. The van der Waals surface area contributed by atoms with Crippen LogP contribution in [0.25, 0.3) is 0 Å². The van der Waals surface area contributed by atoms with E-state index in [9.17, 15) is 9.59 Å². The minimum Gasteiger partial charge on any atom is -0.460 e. The Morgan fingerprint density at radius 3 is 2.21 bits per heavy atom. The fourth-order valence-electron chi connectivity index (χ4n) is 0.866. The normalized spacial score (nSPS) is 13.2. The first-order valence-corrected chi connectivity index (χ1v) is 4.69. The Balaban J connectivity index is 4.07. The number of rotatable bonds is 3. The van der Waals surface area contributed by atoms with Gasteiger partial charge in [-0.15, -0.1) is 0 Å². The van der Waals surface area contributed by atoms with Gasteiger partial charge in [-0.2, -0.15) is 0 Å². The monoisotopic (exact) mass is 201 g/mol. The topological polar surface area (TPSA) is 55.4 Å². The molecule has 0 saturated heterocycles. The SMILES string of the molecule is CNC(=O)CC(C)C(=O)OC(C)(C)C. The number of hydrogen-bond donors (Lipinski definition) is 1. The van der Waals surface area contributed by atoms with Crippen molar-refractivity contribution in [3.8, 4) is 0 Å². The van der Waals surface area contributed by atoms with Gasteiger partial charge in [0.05, 0.1) is 5.92 Å². The second-order valence-corrected chi connectivity index (χ2v) is 4.31. The van der Waals surface area contributed by atoms with E-state index in [1.807, 2.05) is 0 Å². The van der Waals surface area contributed by atoms with Crippen molar-refractivity contribution in [1.82, 2.24) is 5.32 Å². The van der Waals surface area contributed by atoms with Crippen molar-refractivity contribution in [2.24, 2.45) is 5.92 Å². The van der Waals surface area contributed by atoms with Crippen LogP contribution in [0.15, 0.2) is 0 Å². The maximum atomic E-state index is 11.4. The molecule has 82 valence electrons. The van der Waals surface area contributed by atoms with Gasteiger partial charge in [0.15, 0.2) is 0 Å². The summed E-state index contributed by atoms with van der Waals surface area (Å²) in [6, 6.07) is 0. The molecule has 0 fully saturated rings. The Kier molecular flexibility index (Phi) is 4.60. The van der Waals surface area contributed by atoms with Crippen molar-refractivity contribution in [3.05, 3.63) is 0 Å². The van der Waals surface area contributed by atoms with Crippen molar-refractivity contribution in [3.63, 3.8) is 0 Å². The first-order chi connectivity index (χ1) is 6.26. The Bertz CT molecular complexity index is 218. The highest BCUT2D eigenvalue weighted by Crippen LogP contribution is 2.12. The Hall–Kier alpha value is -1.06. The minimum atomic E-state index is -0.492. The number of nitrogens with one attached hydrogen (secondary N) is 1. The van der Waals surface area contributed by atoms with Crippen molar-refractivity contribution < 1.29 is 14.3 Å². The molecule has 1 atom stereocenters. The Morgan fingerprint density at radius 2 is 1.86 bits per heavy atom. The Labute approximate surface area is 85.0 Å². The van der Waals surface area contributed by atoms with E-state index in [-0.39, 0.29) is 18.3 Å². The highest BCUT2D eigenvalue weighted by molar-refractivity contribution is 5.82. The number of carbonyl (C=O) groups is 2. The quantitative estimate of drug-likeness (QED) is 0.696. The molecule has 1 amide bonds. The van der Waals surface area contributed by atoms with Crippen LogP contribution in [0.1, 0.15) is 34.1 Å². The molecule has 0 aromatic carbocycles. The molecule has 0 aliphatic rings. The van der Waals surface area contributed by atoms with Gasteiger partial charge in [-0.05, 0) is 20.8 Å². The van der Waals surface area contributed by atoms with E-state index < -0.39 is 11.5 Å². The maximum Gasteiger partial charge on any atom is 0.309 e. The lowest BCUT2D eigenvalue weighted by molar-refractivity contribution is -0.160. The van der Waals surface area contributed by atoms with Gasteiger partial charge in [-0.3, -0.25) is 9.59 Å². The summed E-state index contributed by atoms with van der Waals surface area (Å²) in [5.41, 5.74) is -0.492. The molecule has 0 spiro atoms. The standard InChI is InChI=1S/C10H19NO3/c1-7(6-8(12)11-5)9(13)14-10(2,3)4/h7H,6H2,1-5H3,(H,11,12). The zero-order valence-electron chi connectivity index (χ0n) is 9.51. The van der Waals surface area contributed by atoms with Crippen LogP contribution in [0.5, 0.6) is 0 Å². The second kappa shape index (κ2) is 4.98. The van der Waals surface area contributed by atoms with Gasteiger partial charge in [0.2, 0.25) is 5.91 Å². The third-order valence-electron chi connectivity index (χ3n) is 1.58. The van der Waals surface area contributed by atoms with E-state index in [0.29, 0.717) is 0 Å². The van der Waals surface area contributed by atoms with E-state index in [1.165, 1.54) is 0 Å². The lowest BCUT2D eigenvalue weighted by Crippen LogP contribution is -2.30. The number of carbonyl (C=O) groups excluding carboxylic acids is 2. The predicted octanol–water partition coefficient (Wildman–Crippen LogP) is 1.10. The largest absolute Gasteiger partial charge is 0.460 e. The van der Waals surface area contributed by atoms with E-state index >= 15 is 0 Å². The molecule has 0 rings (SSSR count). The summed E-state index contributed by atoms with van der Waals surface area (Å²) in [4.78, 5) is 22.4. The van der Waals surface area contributed by atoms with E-state index in [4.69, 9.17) is 4.74 Å². The molecule has 0 aromatic rings. The Morgan fingerprint density at radius 1 is 1.36 bits per heavy atom. The number of hydrogen-bond acceptors (Lipinski definition) is 3. The lowest BCUT2D eigenvalue weighted by Gasteiger charge is -2.21. The number of ether oxygens (including phenoxy) is 1. The summed E-state index contributed by atoms with van der Waals surface area (Å²) < 4.78 is 5.13. The molecule has 0 bridgehead atoms. The molecule has 1 N–H and O–H groups in total. The third-order valence-corrected chi connectivity index (χ3v) is 1.58. The van der Waals surface area contributed by atoms with Crippen LogP contribution in [-0.2, 0) is 14.3 Å². The van der Waals surface area contributed by atoms with Crippen LogP contribution in [0.2, 0.25) is 0 Å². The lowest BCUT2D eigenvalue weighted by atomic mass is 10.1. The van der Waals surface area contributed by atoms with Crippen LogP contribution in [0, 0.1) is 5.92 Å². The summed E-state index contributed by atoms with van der Waals surface area (Å²) in [7, 11) is 1.55. The maximum absolute atomic E-state index is 11.4. The van der Waals surface area contributed by atoms with E-state index in [2.05, 4.69) is 5.32 Å². The third kappa shape index (κ3) is 5.56. The van der Waals surface area contributed by atoms with E-state index in [0.717, 1.165) is 0 Å². The summed E-state index contributed by atoms with van der Waals surface area (Å²) >= 11 is 0. The highest BCUT2D eigenvalue weighted by atomic mass is 16.6. The number of amides is 1. The molecule has 0 aliphatic carbocycles. The van der Waals surface area contributed by atoms with Gasteiger partial charge >= 0.3 is 5.97 Å². The zero-order chi connectivity index (χ0) is 11.4. The first kappa shape index (κ1) is 12.9. The fraction of sp³-hybridized carbons (Fsp3) is 0.800. The van der Waals surface area contributed by atoms with Gasteiger partial charge in [-0.1, -0.05) is 6.92 Å². The molecule has 4 nitrogen and oxygen atoms in total. The number of esters is 1. The summed E-state index contributed by atoms with van der Waals surface area (Å²) in [6.45, 7) is 7.09. The molecule has 0 heterocycles. The van der Waals surface area contributed by atoms with Crippen LogP contribution < -0.4 is 5.32 Å². The van der Waals surface area contributed by atoms with Crippen LogP contribution in [0.4, 0.5) is 0 Å². The predicted molar refractivity (Wildman–Crippen MR) is 53.7 cm³/mol. The van der Waals surface area contributed by atoms with Crippen molar-refractivity contribution in [2.45, 2.75) is 39.7 Å². The van der Waals surface area contributed by atoms with Crippen molar-refractivity contribution in [2.75, 3.05) is 7.05 Å². The molecular formula is C10H19NO3. The highest BCUT2D eigenvalue weighted by Gasteiger charge is 2.23. The molecule has 14 heavy (non-hydrogen) atoms. The van der Waals surface area contributed by atoms with Gasteiger partial charge in [0.1, 0.15) is 5.60 Å². The summed E-state index contributed by atoms with van der Waals surface area (Å²) in [5, 5.41) is 2.47. The van der Waals surface area contributed by atoms with Crippen LogP contribution in [-0.4, -0.2) is 24.5 Å². The molecular weight excluding hydrogens is 182 g/mol. The van der Waals surface area contributed by atoms with Crippen molar-refractivity contribution in [1.29, 1.82) is 0 Å². The molecule has 0 radical (unpaired) electrons. The van der Waals surface area contributed by atoms with Gasteiger partial charge in [0, 0.05) is 13.5 Å². The zero-order valence-corrected chi connectivity index (χ0v) is 9.51. The fourth-order valence-corrected chi connectivity index (χ4v) is 0.866. The first-order valence-electron chi connectivity index (χ1n) is 4.69. The average molecular weight is 201 g/mol. The van der Waals surface area contributed by atoms with Crippen LogP contribution in [0.3, 0.4) is 0 Å². The molecule has 0 aliphatic heterocycles. The van der Waals surface area contributed by atoms with Gasteiger partial charge in [-0.25, -0.2) is 0 Å². The van der Waals surface area contributed by atoms with Crippen molar-refractivity contribution >= 4 is 11.9 Å².